The number of fused-ring (bicyclic) bond motifs is 1. The number of anilines is 1. The van der Waals surface area contributed by atoms with Gasteiger partial charge in [0.05, 0.1) is 6.54 Å². The van der Waals surface area contributed by atoms with Gasteiger partial charge >= 0.3 is 0 Å². The largest absolute Gasteiger partial charge is 0.353 e. The minimum Gasteiger partial charge on any atom is -0.353 e. The van der Waals surface area contributed by atoms with Crippen molar-refractivity contribution >= 4 is 17.5 Å². The van der Waals surface area contributed by atoms with E-state index in [2.05, 4.69) is 10.4 Å². The Morgan fingerprint density at radius 1 is 1.06 bits per heavy atom. The molecule has 1 aromatic carbocycles. The monoisotopic (exact) mass is 422 g/mol. The number of carbonyl (C=O) groups is 2. The predicted octanol–water partition coefficient (Wildman–Crippen LogP) is 3.06. The summed E-state index contributed by atoms with van der Waals surface area (Å²) < 4.78 is 1.23. The van der Waals surface area contributed by atoms with Crippen LogP contribution in [0.2, 0.25) is 0 Å². The summed E-state index contributed by atoms with van der Waals surface area (Å²) in [5.41, 5.74) is 1.93. The van der Waals surface area contributed by atoms with Crippen molar-refractivity contribution in [2.24, 2.45) is 0 Å². The maximum atomic E-state index is 13.2. The first-order valence-electron chi connectivity index (χ1n) is 11.3. The maximum Gasteiger partial charge on any atom is 0.278 e. The van der Waals surface area contributed by atoms with E-state index in [1.165, 1.54) is 29.7 Å². The highest BCUT2D eigenvalue weighted by Crippen LogP contribution is 2.32. The van der Waals surface area contributed by atoms with Gasteiger partial charge in [-0.2, -0.15) is 5.10 Å². The topological polar surface area (TPSA) is 84.3 Å². The fraction of sp³-hybridized carbons (Fsp3) is 0.500. The number of aryl methyl sites for hydroxylation is 1. The number of para-hydroxylation sites is 1. The zero-order valence-corrected chi connectivity index (χ0v) is 18.0. The van der Waals surface area contributed by atoms with E-state index in [0.29, 0.717) is 0 Å². The van der Waals surface area contributed by atoms with Gasteiger partial charge in [-0.25, -0.2) is 4.68 Å². The van der Waals surface area contributed by atoms with Crippen LogP contribution in [0.3, 0.4) is 0 Å². The second-order valence-corrected chi connectivity index (χ2v) is 8.64. The third kappa shape index (κ3) is 4.86. The molecule has 7 nitrogen and oxygen atoms in total. The molecule has 0 spiro atoms. The van der Waals surface area contributed by atoms with E-state index in [9.17, 15) is 14.4 Å². The molecule has 1 saturated carbocycles. The zero-order chi connectivity index (χ0) is 21.8. The van der Waals surface area contributed by atoms with Crippen LogP contribution in [-0.2, 0) is 17.8 Å². The Labute approximate surface area is 182 Å². The second kappa shape index (κ2) is 9.45. The normalized spacial score (nSPS) is 19.0. The molecule has 1 aliphatic carbocycles. The Morgan fingerprint density at radius 2 is 1.81 bits per heavy atom. The van der Waals surface area contributed by atoms with Crippen LogP contribution in [-0.4, -0.2) is 33.7 Å². The lowest BCUT2D eigenvalue weighted by atomic mass is 10.1. The third-order valence-electron chi connectivity index (χ3n) is 6.28. The lowest BCUT2D eigenvalue weighted by Gasteiger charge is -2.22. The van der Waals surface area contributed by atoms with Gasteiger partial charge in [0.2, 0.25) is 5.91 Å². The molecular formula is C24H30N4O3. The molecule has 2 aliphatic rings. The molecule has 1 N–H and O–H groups in total. The molecule has 2 aromatic rings. The van der Waals surface area contributed by atoms with Crippen LogP contribution >= 0.6 is 0 Å². The molecule has 0 saturated heterocycles. The van der Waals surface area contributed by atoms with Crippen molar-refractivity contribution in [1.82, 2.24) is 15.1 Å². The van der Waals surface area contributed by atoms with Crippen molar-refractivity contribution in [3.05, 3.63) is 58.0 Å². The molecule has 2 heterocycles. The number of aromatic nitrogens is 2. The molecule has 0 unspecified atom stereocenters. The van der Waals surface area contributed by atoms with E-state index in [1.807, 2.05) is 31.2 Å². The molecule has 31 heavy (non-hydrogen) atoms. The van der Waals surface area contributed by atoms with Crippen molar-refractivity contribution in [1.29, 1.82) is 0 Å². The first-order valence-corrected chi connectivity index (χ1v) is 11.3. The van der Waals surface area contributed by atoms with Gasteiger partial charge in [-0.1, -0.05) is 43.9 Å². The number of hydrogen-bond acceptors (Lipinski definition) is 4. The van der Waals surface area contributed by atoms with E-state index in [4.69, 9.17) is 0 Å². The molecule has 164 valence electrons. The smallest absolute Gasteiger partial charge is 0.278 e. The highest BCUT2D eigenvalue weighted by Gasteiger charge is 2.32. The van der Waals surface area contributed by atoms with Gasteiger partial charge in [0, 0.05) is 30.3 Å². The maximum absolute atomic E-state index is 13.2. The first-order chi connectivity index (χ1) is 15.0. The van der Waals surface area contributed by atoms with Gasteiger partial charge in [0.1, 0.15) is 5.69 Å². The molecule has 1 fully saturated rings. The Morgan fingerprint density at radius 3 is 2.58 bits per heavy atom. The molecule has 2 amide bonds. The van der Waals surface area contributed by atoms with E-state index >= 15 is 0 Å². The highest BCUT2D eigenvalue weighted by atomic mass is 16.2. The number of nitrogens with zero attached hydrogens (tertiary/aromatic N) is 3. The van der Waals surface area contributed by atoms with Gasteiger partial charge in [-0.3, -0.25) is 14.4 Å². The molecule has 0 radical (unpaired) electrons. The van der Waals surface area contributed by atoms with Crippen LogP contribution in [0.5, 0.6) is 0 Å². The average molecular weight is 423 g/mol. The van der Waals surface area contributed by atoms with Gasteiger partial charge < -0.3 is 10.2 Å². The highest BCUT2D eigenvalue weighted by molar-refractivity contribution is 6.06. The number of hydrogen-bond donors (Lipinski definition) is 1. The molecule has 1 aliphatic heterocycles. The standard InChI is InChI=1S/C24H30N4O3/c1-17-16-18-8-6-7-11-21(18)28(17)24(31)20-12-13-23(30)27(26-20)15-14-22(29)25-19-9-4-2-3-5-10-19/h6-8,11-13,17,19H,2-5,9-10,14-16H2,1H3,(H,25,29)/t17-/m0/s1. The second-order valence-electron chi connectivity index (χ2n) is 8.64. The van der Waals surface area contributed by atoms with Crippen LogP contribution in [0.1, 0.15) is 67.9 Å². The summed E-state index contributed by atoms with van der Waals surface area (Å²) in [7, 11) is 0. The van der Waals surface area contributed by atoms with E-state index in [-0.39, 0.29) is 48.1 Å². The van der Waals surface area contributed by atoms with Crippen molar-refractivity contribution in [2.75, 3.05) is 4.90 Å². The lowest BCUT2D eigenvalue weighted by Crippen LogP contribution is -2.38. The van der Waals surface area contributed by atoms with E-state index in [1.54, 1.807) is 4.90 Å². The molecule has 7 heteroatoms. The summed E-state index contributed by atoms with van der Waals surface area (Å²) >= 11 is 0. The fourth-order valence-electron chi connectivity index (χ4n) is 4.65. The third-order valence-corrected chi connectivity index (χ3v) is 6.28. The lowest BCUT2D eigenvalue weighted by molar-refractivity contribution is -0.122. The van der Waals surface area contributed by atoms with Crippen LogP contribution in [0.25, 0.3) is 0 Å². The van der Waals surface area contributed by atoms with Gasteiger partial charge in [-0.15, -0.1) is 0 Å². The zero-order valence-electron chi connectivity index (χ0n) is 18.0. The summed E-state index contributed by atoms with van der Waals surface area (Å²) in [5.74, 6) is -0.298. The molecule has 4 rings (SSSR count). The SMILES string of the molecule is C[C@H]1Cc2ccccc2N1C(=O)c1ccc(=O)n(CCC(=O)NC2CCCCCC2)n1. The number of benzene rings is 1. The van der Waals surface area contributed by atoms with Gasteiger partial charge in [0.25, 0.3) is 11.5 Å². The Hall–Kier alpha value is -2.96. The molecule has 1 aromatic heterocycles. The van der Waals surface area contributed by atoms with Crippen LogP contribution in [0.15, 0.2) is 41.2 Å². The van der Waals surface area contributed by atoms with Crippen LogP contribution in [0.4, 0.5) is 5.69 Å². The summed E-state index contributed by atoms with van der Waals surface area (Å²) in [5, 5.41) is 7.38. The van der Waals surface area contributed by atoms with Gasteiger partial charge in [-0.05, 0) is 43.9 Å². The number of carbonyl (C=O) groups excluding carboxylic acids is 2. The van der Waals surface area contributed by atoms with Crippen molar-refractivity contribution in [2.45, 2.75) is 76.9 Å². The van der Waals surface area contributed by atoms with Gasteiger partial charge in [0.15, 0.2) is 0 Å². The van der Waals surface area contributed by atoms with E-state index in [0.717, 1.165) is 43.4 Å². The summed E-state index contributed by atoms with van der Waals surface area (Å²) in [6.45, 7) is 2.16. The number of rotatable bonds is 5. The summed E-state index contributed by atoms with van der Waals surface area (Å²) in [6, 6.07) is 10.9. The average Bonchev–Trinajstić information content (AvgIpc) is 2.90. The Bertz CT molecular complexity index is 1010. The minimum atomic E-state index is -0.311. The van der Waals surface area contributed by atoms with Crippen molar-refractivity contribution in [3.8, 4) is 0 Å². The van der Waals surface area contributed by atoms with Crippen molar-refractivity contribution < 1.29 is 9.59 Å². The molecular weight excluding hydrogens is 392 g/mol. The number of amides is 2. The quantitative estimate of drug-likeness (QED) is 0.751. The van der Waals surface area contributed by atoms with Crippen LogP contribution in [0, 0.1) is 0 Å². The predicted molar refractivity (Wildman–Crippen MR) is 119 cm³/mol. The van der Waals surface area contributed by atoms with Crippen LogP contribution < -0.4 is 15.8 Å². The summed E-state index contributed by atoms with van der Waals surface area (Å²) in [6.07, 6.45) is 7.75. The Kier molecular flexibility index (Phi) is 6.49. The molecule has 1 atom stereocenters. The first kappa shape index (κ1) is 21.3. The Balaban J connectivity index is 1.43. The fourth-order valence-corrected chi connectivity index (χ4v) is 4.65. The van der Waals surface area contributed by atoms with E-state index < -0.39 is 0 Å². The number of nitrogens with one attached hydrogen (secondary N) is 1. The molecule has 0 bridgehead atoms. The summed E-state index contributed by atoms with van der Waals surface area (Å²) in [4.78, 5) is 39.6. The van der Waals surface area contributed by atoms with Crippen molar-refractivity contribution in [3.63, 3.8) is 0 Å². The minimum absolute atomic E-state index is 0.0254.